The normalized spacial score (nSPS) is 16.6. The molecule has 0 N–H and O–H groups in total. The van der Waals surface area contributed by atoms with Crippen LogP contribution in [0.15, 0.2) is 30.3 Å². The molecule has 0 spiro atoms. The van der Waals surface area contributed by atoms with Crippen LogP contribution in [0.4, 0.5) is 0 Å². The van der Waals surface area contributed by atoms with Gasteiger partial charge in [0.05, 0.1) is 0 Å². The summed E-state index contributed by atoms with van der Waals surface area (Å²) in [5.41, 5.74) is 0.734. The smallest absolute Gasteiger partial charge is 0.253 e. The van der Waals surface area contributed by atoms with Gasteiger partial charge in [0.25, 0.3) is 5.91 Å². The van der Waals surface area contributed by atoms with Crippen LogP contribution in [0.2, 0.25) is 0 Å². The van der Waals surface area contributed by atoms with E-state index < -0.39 is 0 Å². The molecule has 96 valence electrons. The van der Waals surface area contributed by atoms with Gasteiger partial charge in [-0.2, -0.15) is 0 Å². The predicted octanol–water partition coefficient (Wildman–Crippen LogP) is 2.52. The number of carbonyl (C=O) groups is 2. The van der Waals surface area contributed by atoms with E-state index in [-0.39, 0.29) is 11.8 Å². The summed E-state index contributed by atoms with van der Waals surface area (Å²) < 4.78 is 0. The number of carbonyl (C=O) groups excluding carboxylic acids is 2. The summed E-state index contributed by atoms with van der Waals surface area (Å²) in [5, 5.41) is 0. The first-order chi connectivity index (χ1) is 8.72. The number of piperidine rings is 1. The van der Waals surface area contributed by atoms with Crippen LogP contribution in [-0.4, -0.2) is 29.7 Å². The maximum absolute atomic E-state index is 12.2. The average molecular weight is 245 g/mol. The summed E-state index contributed by atoms with van der Waals surface area (Å²) in [6.07, 6.45) is 2.23. The lowest BCUT2D eigenvalue weighted by molar-refractivity contribution is -0.123. The number of ketones is 1. The van der Waals surface area contributed by atoms with Crippen molar-refractivity contribution >= 4 is 11.7 Å². The molecule has 1 aromatic rings. The number of rotatable bonds is 3. The van der Waals surface area contributed by atoms with E-state index in [1.807, 2.05) is 42.2 Å². The molecular weight excluding hydrogens is 226 g/mol. The molecule has 1 amide bonds. The van der Waals surface area contributed by atoms with Crippen LogP contribution in [0.5, 0.6) is 0 Å². The number of likely N-dealkylation sites (tertiary alicyclic amines) is 1. The standard InChI is InChI=1S/C15H19NO2/c1-2-14(17)12-8-10-16(11-9-12)15(18)13-6-4-3-5-7-13/h3-7,12H,2,8-11H2,1H3. The Bertz CT molecular complexity index is 419. The van der Waals surface area contributed by atoms with Gasteiger partial charge in [0.15, 0.2) is 0 Å². The van der Waals surface area contributed by atoms with Crippen molar-refractivity contribution in [3.63, 3.8) is 0 Å². The first-order valence-electron chi connectivity index (χ1n) is 6.59. The number of hydrogen-bond acceptors (Lipinski definition) is 2. The Kier molecular flexibility index (Phi) is 4.13. The van der Waals surface area contributed by atoms with Crippen molar-refractivity contribution in [2.45, 2.75) is 26.2 Å². The van der Waals surface area contributed by atoms with Gasteiger partial charge in [-0.05, 0) is 25.0 Å². The van der Waals surface area contributed by atoms with E-state index in [0.29, 0.717) is 25.3 Å². The Balaban J connectivity index is 1.94. The van der Waals surface area contributed by atoms with E-state index in [9.17, 15) is 9.59 Å². The van der Waals surface area contributed by atoms with E-state index in [2.05, 4.69) is 0 Å². The summed E-state index contributed by atoms with van der Waals surface area (Å²) in [4.78, 5) is 25.7. The highest BCUT2D eigenvalue weighted by Gasteiger charge is 2.26. The summed E-state index contributed by atoms with van der Waals surface area (Å²) in [6.45, 7) is 3.30. The first-order valence-corrected chi connectivity index (χ1v) is 6.59. The summed E-state index contributed by atoms with van der Waals surface area (Å²) in [7, 11) is 0. The maximum Gasteiger partial charge on any atom is 0.253 e. The number of nitrogens with zero attached hydrogens (tertiary/aromatic N) is 1. The molecule has 1 aromatic carbocycles. The summed E-state index contributed by atoms with van der Waals surface area (Å²) >= 11 is 0. The first kappa shape index (κ1) is 12.8. The molecule has 0 aliphatic carbocycles. The minimum absolute atomic E-state index is 0.0815. The Labute approximate surface area is 108 Å². The van der Waals surface area contributed by atoms with Crippen LogP contribution in [-0.2, 0) is 4.79 Å². The molecule has 0 atom stereocenters. The molecule has 18 heavy (non-hydrogen) atoms. The zero-order chi connectivity index (χ0) is 13.0. The minimum Gasteiger partial charge on any atom is -0.339 e. The van der Waals surface area contributed by atoms with Crippen LogP contribution in [0.1, 0.15) is 36.5 Å². The van der Waals surface area contributed by atoms with Crippen molar-refractivity contribution < 1.29 is 9.59 Å². The lowest BCUT2D eigenvalue weighted by Crippen LogP contribution is -2.40. The second-order valence-electron chi connectivity index (χ2n) is 4.75. The van der Waals surface area contributed by atoms with Gasteiger partial charge in [-0.1, -0.05) is 25.1 Å². The van der Waals surface area contributed by atoms with Crippen molar-refractivity contribution in [3.8, 4) is 0 Å². The number of hydrogen-bond donors (Lipinski definition) is 0. The highest BCUT2D eigenvalue weighted by Crippen LogP contribution is 2.20. The predicted molar refractivity (Wildman–Crippen MR) is 70.4 cm³/mol. The van der Waals surface area contributed by atoms with Crippen molar-refractivity contribution in [2.24, 2.45) is 5.92 Å². The molecule has 3 nitrogen and oxygen atoms in total. The van der Waals surface area contributed by atoms with Gasteiger partial charge in [0, 0.05) is 31.0 Å². The fourth-order valence-electron chi connectivity index (χ4n) is 2.46. The molecule has 1 heterocycles. The molecule has 0 saturated carbocycles. The highest BCUT2D eigenvalue weighted by molar-refractivity contribution is 5.94. The largest absolute Gasteiger partial charge is 0.339 e. The van der Waals surface area contributed by atoms with E-state index >= 15 is 0 Å². The van der Waals surface area contributed by atoms with Crippen LogP contribution >= 0.6 is 0 Å². The van der Waals surface area contributed by atoms with Gasteiger partial charge in [-0.15, -0.1) is 0 Å². The Morgan fingerprint density at radius 3 is 2.33 bits per heavy atom. The topological polar surface area (TPSA) is 37.4 Å². The van der Waals surface area contributed by atoms with Gasteiger partial charge in [0.2, 0.25) is 0 Å². The van der Waals surface area contributed by atoms with Gasteiger partial charge in [0.1, 0.15) is 5.78 Å². The lowest BCUT2D eigenvalue weighted by Gasteiger charge is -2.31. The molecular formula is C15H19NO2. The number of Topliss-reactive ketones (excluding diaryl/α,β-unsaturated/α-hetero) is 1. The van der Waals surface area contributed by atoms with Gasteiger partial charge < -0.3 is 4.90 Å². The Hall–Kier alpha value is -1.64. The molecule has 0 radical (unpaired) electrons. The molecule has 1 fully saturated rings. The molecule has 1 aliphatic rings. The van der Waals surface area contributed by atoms with E-state index in [1.54, 1.807) is 0 Å². The fourth-order valence-corrected chi connectivity index (χ4v) is 2.46. The second-order valence-corrected chi connectivity index (χ2v) is 4.75. The lowest BCUT2D eigenvalue weighted by atomic mass is 9.91. The van der Waals surface area contributed by atoms with Crippen molar-refractivity contribution in [1.82, 2.24) is 4.90 Å². The molecule has 0 bridgehead atoms. The zero-order valence-corrected chi connectivity index (χ0v) is 10.8. The summed E-state index contributed by atoms with van der Waals surface area (Å²) in [6, 6.07) is 9.33. The molecule has 1 aliphatic heterocycles. The third-order valence-corrected chi connectivity index (χ3v) is 3.61. The minimum atomic E-state index is 0.0815. The van der Waals surface area contributed by atoms with Crippen LogP contribution in [0.25, 0.3) is 0 Å². The van der Waals surface area contributed by atoms with Gasteiger partial charge >= 0.3 is 0 Å². The number of benzene rings is 1. The Morgan fingerprint density at radius 2 is 1.78 bits per heavy atom. The average Bonchev–Trinajstić information content (AvgIpc) is 2.47. The molecule has 3 heteroatoms. The van der Waals surface area contributed by atoms with Crippen molar-refractivity contribution in [3.05, 3.63) is 35.9 Å². The molecule has 0 aromatic heterocycles. The number of amides is 1. The van der Waals surface area contributed by atoms with Gasteiger partial charge in [-0.25, -0.2) is 0 Å². The SMILES string of the molecule is CCC(=O)C1CCN(C(=O)c2ccccc2)CC1. The third-order valence-electron chi connectivity index (χ3n) is 3.61. The third kappa shape index (κ3) is 2.78. The fraction of sp³-hybridized carbons (Fsp3) is 0.467. The van der Waals surface area contributed by atoms with Crippen LogP contribution in [0, 0.1) is 5.92 Å². The Morgan fingerprint density at radius 1 is 1.17 bits per heavy atom. The molecule has 0 unspecified atom stereocenters. The maximum atomic E-state index is 12.2. The highest BCUT2D eigenvalue weighted by atomic mass is 16.2. The second kappa shape index (κ2) is 5.80. The quantitative estimate of drug-likeness (QED) is 0.820. The van der Waals surface area contributed by atoms with Gasteiger partial charge in [-0.3, -0.25) is 9.59 Å². The molecule has 2 rings (SSSR count). The van der Waals surface area contributed by atoms with E-state index in [1.165, 1.54) is 0 Å². The van der Waals surface area contributed by atoms with Crippen LogP contribution < -0.4 is 0 Å². The molecule has 1 saturated heterocycles. The van der Waals surface area contributed by atoms with Crippen molar-refractivity contribution in [1.29, 1.82) is 0 Å². The summed E-state index contributed by atoms with van der Waals surface area (Å²) in [5.74, 6) is 0.578. The monoisotopic (exact) mass is 245 g/mol. The van der Waals surface area contributed by atoms with Crippen molar-refractivity contribution in [2.75, 3.05) is 13.1 Å². The zero-order valence-electron chi connectivity index (χ0n) is 10.8. The van der Waals surface area contributed by atoms with Crippen LogP contribution in [0.3, 0.4) is 0 Å². The van der Waals surface area contributed by atoms with E-state index in [4.69, 9.17) is 0 Å². The van der Waals surface area contributed by atoms with E-state index in [0.717, 1.165) is 18.4 Å².